The fraction of sp³-hybridized carbons (Fsp3) is 0.526. The number of benzene rings is 1. The Morgan fingerprint density at radius 2 is 2.22 bits per heavy atom. The Bertz CT molecular complexity index is 569. The molecule has 0 aromatic heterocycles. The zero-order valence-corrected chi connectivity index (χ0v) is 16.5. The normalized spacial score (nSPS) is 24.3. The van der Waals surface area contributed by atoms with E-state index in [1.807, 2.05) is 13.1 Å². The van der Waals surface area contributed by atoms with E-state index in [4.69, 9.17) is 0 Å². The molecule has 2 aliphatic rings. The summed E-state index contributed by atoms with van der Waals surface area (Å²) < 4.78 is 0. The minimum absolute atomic E-state index is 0. The van der Waals surface area contributed by atoms with Crippen molar-refractivity contribution in [3.05, 3.63) is 48.0 Å². The monoisotopic (exact) mass is 425 g/mol. The van der Waals surface area contributed by atoms with E-state index < -0.39 is 0 Å². The standard InChI is InChI=1S/C19H27N3.HI/c1-4-5-8-11-22(3)19(20-2)21-13-17-16-12-14-9-6-7-10-15(14)18(16)17;/h4,6-7,9-10,16-18H,1,5,8,11-13H2,2-3H3,(H,20,21);1H. The van der Waals surface area contributed by atoms with Crippen molar-refractivity contribution in [2.75, 3.05) is 27.2 Å². The van der Waals surface area contributed by atoms with Gasteiger partial charge in [-0.1, -0.05) is 30.3 Å². The molecule has 1 aromatic rings. The van der Waals surface area contributed by atoms with Crippen molar-refractivity contribution in [1.29, 1.82) is 0 Å². The van der Waals surface area contributed by atoms with Gasteiger partial charge < -0.3 is 10.2 Å². The van der Waals surface area contributed by atoms with Crippen LogP contribution in [0.3, 0.4) is 0 Å². The Labute approximate surface area is 157 Å². The van der Waals surface area contributed by atoms with Crippen LogP contribution in [0.2, 0.25) is 0 Å². The molecule has 0 radical (unpaired) electrons. The summed E-state index contributed by atoms with van der Waals surface area (Å²) in [6.45, 7) is 5.84. The summed E-state index contributed by atoms with van der Waals surface area (Å²) in [6, 6.07) is 8.95. The Morgan fingerprint density at radius 1 is 1.43 bits per heavy atom. The molecule has 23 heavy (non-hydrogen) atoms. The summed E-state index contributed by atoms with van der Waals surface area (Å²) in [5.74, 6) is 3.44. The first-order valence-corrected chi connectivity index (χ1v) is 8.36. The van der Waals surface area contributed by atoms with Crippen molar-refractivity contribution in [2.24, 2.45) is 16.8 Å². The van der Waals surface area contributed by atoms with Crippen molar-refractivity contribution in [2.45, 2.75) is 25.2 Å². The molecule has 126 valence electrons. The fourth-order valence-corrected chi connectivity index (χ4v) is 3.93. The van der Waals surface area contributed by atoms with Gasteiger partial charge in [0.2, 0.25) is 0 Å². The van der Waals surface area contributed by atoms with Crippen molar-refractivity contribution in [1.82, 2.24) is 10.2 Å². The van der Waals surface area contributed by atoms with Crippen LogP contribution < -0.4 is 5.32 Å². The summed E-state index contributed by atoms with van der Waals surface area (Å²) in [4.78, 5) is 6.63. The number of allylic oxidation sites excluding steroid dienone is 1. The predicted octanol–water partition coefficient (Wildman–Crippen LogP) is 3.66. The molecule has 1 saturated carbocycles. The van der Waals surface area contributed by atoms with Crippen molar-refractivity contribution in [3.8, 4) is 0 Å². The number of nitrogens with one attached hydrogen (secondary N) is 1. The Kier molecular flexibility index (Phi) is 6.50. The van der Waals surface area contributed by atoms with Crippen LogP contribution in [0, 0.1) is 11.8 Å². The molecule has 4 heteroatoms. The Morgan fingerprint density at radius 3 is 2.96 bits per heavy atom. The molecule has 3 atom stereocenters. The summed E-state index contributed by atoms with van der Waals surface area (Å²) in [7, 11) is 3.98. The van der Waals surface area contributed by atoms with Gasteiger partial charge in [-0.3, -0.25) is 4.99 Å². The van der Waals surface area contributed by atoms with Crippen LogP contribution in [0.4, 0.5) is 0 Å². The molecule has 3 nitrogen and oxygen atoms in total. The number of hydrogen-bond donors (Lipinski definition) is 1. The third-order valence-electron chi connectivity index (χ3n) is 5.17. The smallest absolute Gasteiger partial charge is 0.193 e. The van der Waals surface area contributed by atoms with Gasteiger partial charge in [-0.05, 0) is 48.1 Å². The molecule has 1 fully saturated rings. The van der Waals surface area contributed by atoms with E-state index in [0.29, 0.717) is 0 Å². The van der Waals surface area contributed by atoms with Crippen LogP contribution in [0.15, 0.2) is 41.9 Å². The lowest BCUT2D eigenvalue weighted by Crippen LogP contribution is -2.40. The third kappa shape index (κ3) is 3.90. The van der Waals surface area contributed by atoms with E-state index in [0.717, 1.165) is 49.6 Å². The number of rotatable bonds is 6. The van der Waals surface area contributed by atoms with E-state index in [2.05, 4.69) is 53.1 Å². The molecule has 1 N–H and O–H groups in total. The summed E-state index contributed by atoms with van der Waals surface area (Å²) in [6.07, 6.45) is 5.43. The van der Waals surface area contributed by atoms with Gasteiger partial charge in [0.25, 0.3) is 0 Å². The highest BCUT2D eigenvalue weighted by Gasteiger charge is 2.54. The molecular weight excluding hydrogens is 397 g/mol. The number of unbranched alkanes of at least 4 members (excludes halogenated alkanes) is 1. The van der Waals surface area contributed by atoms with Gasteiger partial charge in [0.1, 0.15) is 0 Å². The van der Waals surface area contributed by atoms with Crippen LogP contribution in [0.1, 0.15) is 29.9 Å². The summed E-state index contributed by atoms with van der Waals surface area (Å²) in [5.41, 5.74) is 3.16. The lowest BCUT2D eigenvalue weighted by atomic mass is 10.0. The fourth-order valence-electron chi connectivity index (χ4n) is 3.93. The van der Waals surface area contributed by atoms with Crippen LogP contribution in [0.25, 0.3) is 0 Å². The van der Waals surface area contributed by atoms with Crippen LogP contribution in [0.5, 0.6) is 0 Å². The van der Waals surface area contributed by atoms with Gasteiger partial charge in [-0.15, -0.1) is 30.6 Å². The molecule has 0 aliphatic heterocycles. The van der Waals surface area contributed by atoms with E-state index >= 15 is 0 Å². The highest BCUT2D eigenvalue weighted by atomic mass is 127. The number of fused-ring (bicyclic) bond motifs is 3. The van der Waals surface area contributed by atoms with E-state index in [1.54, 1.807) is 11.1 Å². The third-order valence-corrected chi connectivity index (χ3v) is 5.17. The molecule has 3 rings (SSSR count). The van der Waals surface area contributed by atoms with E-state index in [9.17, 15) is 0 Å². The topological polar surface area (TPSA) is 27.6 Å². The maximum Gasteiger partial charge on any atom is 0.193 e. The molecule has 3 unspecified atom stereocenters. The maximum atomic E-state index is 4.41. The zero-order valence-electron chi connectivity index (χ0n) is 14.2. The van der Waals surface area contributed by atoms with Crippen LogP contribution in [-0.2, 0) is 6.42 Å². The second-order valence-electron chi connectivity index (χ2n) is 6.54. The van der Waals surface area contributed by atoms with Crippen molar-refractivity contribution < 1.29 is 0 Å². The lowest BCUT2D eigenvalue weighted by molar-refractivity contribution is 0.466. The first-order valence-electron chi connectivity index (χ1n) is 8.36. The molecule has 0 bridgehead atoms. The van der Waals surface area contributed by atoms with Gasteiger partial charge in [-0.2, -0.15) is 0 Å². The number of hydrogen-bond acceptors (Lipinski definition) is 1. The first kappa shape index (κ1) is 18.3. The Hall–Kier alpha value is -1.04. The summed E-state index contributed by atoms with van der Waals surface area (Å²) >= 11 is 0. The highest BCUT2D eigenvalue weighted by Crippen LogP contribution is 2.60. The number of aliphatic imine (C=N–C) groups is 1. The largest absolute Gasteiger partial charge is 0.356 e. The SMILES string of the molecule is C=CCCCN(C)C(=NC)NCC1C2Cc3ccccc3C12.I. The van der Waals surface area contributed by atoms with E-state index in [-0.39, 0.29) is 24.0 Å². The van der Waals surface area contributed by atoms with Gasteiger partial charge in [0.15, 0.2) is 5.96 Å². The van der Waals surface area contributed by atoms with E-state index in [1.165, 1.54) is 6.42 Å². The van der Waals surface area contributed by atoms with Crippen LogP contribution >= 0.6 is 24.0 Å². The second-order valence-corrected chi connectivity index (χ2v) is 6.54. The molecule has 0 saturated heterocycles. The first-order chi connectivity index (χ1) is 10.8. The average Bonchev–Trinajstić information content (AvgIpc) is 3.06. The zero-order chi connectivity index (χ0) is 15.5. The van der Waals surface area contributed by atoms with Gasteiger partial charge in [0.05, 0.1) is 0 Å². The van der Waals surface area contributed by atoms with Gasteiger partial charge in [-0.25, -0.2) is 0 Å². The maximum absolute atomic E-state index is 4.41. The Balaban J connectivity index is 0.00000192. The number of nitrogens with zero attached hydrogens (tertiary/aromatic N) is 2. The molecule has 0 amide bonds. The lowest BCUT2D eigenvalue weighted by Gasteiger charge is -2.22. The molecule has 1 aromatic carbocycles. The predicted molar refractivity (Wildman–Crippen MR) is 109 cm³/mol. The van der Waals surface area contributed by atoms with Gasteiger partial charge in [0, 0.05) is 27.2 Å². The molecular formula is C19H28IN3. The van der Waals surface area contributed by atoms with Gasteiger partial charge >= 0.3 is 0 Å². The second kappa shape index (κ2) is 8.18. The van der Waals surface area contributed by atoms with Crippen molar-refractivity contribution >= 4 is 29.9 Å². The molecule has 0 spiro atoms. The molecule has 0 heterocycles. The number of halogens is 1. The summed E-state index contributed by atoms with van der Waals surface area (Å²) in [5, 5.41) is 3.57. The highest BCUT2D eigenvalue weighted by molar-refractivity contribution is 14.0. The average molecular weight is 425 g/mol. The molecule has 2 aliphatic carbocycles. The minimum Gasteiger partial charge on any atom is -0.356 e. The quantitative estimate of drug-likeness (QED) is 0.248. The van der Waals surface area contributed by atoms with Crippen molar-refractivity contribution in [3.63, 3.8) is 0 Å². The van der Waals surface area contributed by atoms with Crippen LogP contribution in [-0.4, -0.2) is 38.0 Å². The number of guanidine groups is 1. The minimum atomic E-state index is 0.